The highest BCUT2D eigenvalue weighted by Crippen LogP contribution is 2.63. The SMILES string of the molecule is C=CC.C=Cc1cccc(N(c2cccc(-c3ccc4c(c3)C3(c5ccccc5-c5ccccc53)c3cc5ccccc5cc3-4)c2)c2ccc3c(c2)-c2ccccc2C3(C)C)c1/C=C\C.CC=C(C)C. The highest BCUT2D eigenvalue weighted by Gasteiger charge is 2.51. The molecule has 1 nitrogen and oxygen atoms in total. The van der Waals surface area contributed by atoms with Crippen LogP contribution in [0.15, 0.2) is 225 Å². The standard InChI is InChI=1S/C61H45N.C5H10.C3H6/c1-5-17-46-39(6-2)20-16-29-59(46)62(45-31-33-54-52(38-45)49-25-9-12-26-53(49)60(54,3)4)44-22-15-21-40(34-44)43-30-32-50-51-35-41-18-7-8-19-42(41)36-58(51)61(57(50)37-43)55-27-13-10-23-47(55)48-24-11-14-28-56(48)61;1-4-5(2)3;1-3-2/h5-38H,2H2,1,3-4H3;4H,1-3H3;3H,1H2,2H3/b17-5-;;. The molecular weight excluding hydrogens is 843 g/mol. The van der Waals surface area contributed by atoms with Crippen molar-refractivity contribution in [1.82, 2.24) is 0 Å². The zero-order valence-electron chi connectivity index (χ0n) is 41.6. The Morgan fingerprint density at radius 1 is 0.457 bits per heavy atom. The van der Waals surface area contributed by atoms with Crippen LogP contribution in [-0.4, -0.2) is 0 Å². The molecule has 1 heteroatoms. The van der Waals surface area contributed by atoms with Crippen LogP contribution in [0.1, 0.15) is 93.0 Å². The Balaban J connectivity index is 0.000000662. The van der Waals surface area contributed by atoms with Gasteiger partial charge in [-0.1, -0.05) is 196 Å². The van der Waals surface area contributed by atoms with Crippen LogP contribution in [-0.2, 0) is 10.8 Å². The Bertz CT molecular complexity index is 3520. The highest BCUT2D eigenvalue weighted by atomic mass is 15.1. The molecule has 0 aliphatic heterocycles. The minimum Gasteiger partial charge on any atom is -0.310 e. The molecule has 0 aromatic heterocycles. The van der Waals surface area contributed by atoms with Crippen LogP contribution in [0.5, 0.6) is 0 Å². The van der Waals surface area contributed by atoms with Gasteiger partial charge in [-0.2, -0.15) is 0 Å². The molecule has 0 saturated heterocycles. The zero-order valence-corrected chi connectivity index (χ0v) is 41.6. The first-order valence-electron chi connectivity index (χ1n) is 24.7. The van der Waals surface area contributed by atoms with E-state index in [4.69, 9.17) is 0 Å². The Morgan fingerprint density at radius 3 is 1.61 bits per heavy atom. The lowest BCUT2D eigenvalue weighted by atomic mass is 9.70. The van der Waals surface area contributed by atoms with Gasteiger partial charge < -0.3 is 4.90 Å². The smallest absolute Gasteiger partial charge is 0.0725 e. The van der Waals surface area contributed by atoms with E-state index in [2.05, 4.69) is 259 Å². The van der Waals surface area contributed by atoms with Gasteiger partial charge >= 0.3 is 0 Å². The molecule has 9 aromatic rings. The molecule has 70 heavy (non-hydrogen) atoms. The quantitative estimate of drug-likeness (QED) is 0.150. The molecule has 0 fully saturated rings. The van der Waals surface area contributed by atoms with E-state index in [9.17, 15) is 0 Å². The van der Waals surface area contributed by atoms with Gasteiger partial charge in [0.15, 0.2) is 0 Å². The minimum atomic E-state index is -0.442. The summed E-state index contributed by atoms with van der Waals surface area (Å²) >= 11 is 0. The highest BCUT2D eigenvalue weighted by molar-refractivity contribution is 6.01. The molecule has 0 N–H and O–H groups in total. The monoisotopic (exact) mass is 903 g/mol. The molecule has 0 heterocycles. The van der Waals surface area contributed by atoms with Gasteiger partial charge in [0.05, 0.1) is 11.1 Å². The average Bonchev–Trinajstić information content (AvgIpc) is 3.94. The first-order valence-corrected chi connectivity index (χ1v) is 24.7. The number of nitrogens with zero attached hydrogens (tertiary/aromatic N) is 1. The number of hydrogen-bond acceptors (Lipinski definition) is 1. The molecule has 0 bridgehead atoms. The second-order valence-corrected chi connectivity index (χ2v) is 19.4. The summed E-state index contributed by atoms with van der Waals surface area (Å²) < 4.78 is 0. The Labute approximate surface area is 416 Å². The van der Waals surface area contributed by atoms with E-state index in [0.717, 1.165) is 28.2 Å². The van der Waals surface area contributed by atoms with Gasteiger partial charge in [-0.05, 0) is 177 Å². The van der Waals surface area contributed by atoms with Gasteiger partial charge in [-0.15, -0.1) is 6.58 Å². The summed E-state index contributed by atoms with van der Waals surface area (Å²) in [6.45, 7) is 22.5. The summed E-state index contributed by atoms with van der Waals surface area (Å²) in [5.74, 6) is 0. The van der Waals surface area contributed by atoms with E-state index < -0.39 is 5.41 Å². The first-order chi connectivity index (χ1) is 34.1. The van der Waals surface area contributed by atoms with Crippen LogP contribution >= 0.6 is 0 Å². The predicted octanol–water partition coefficient (Wildman–Crippen LogP) is 19.5. The van der Waals surface area contributed by atoms with Gasteiger partial charge in [-0.25, -0.2) is 0 Å². The van der Waals surface area contributed by atoms with E-state index in [-0.39, 0.29) is 5.41 Å². The number of allylic oxidation sites excluding steroid dienone is 4. The van der Waals surface area contributed by atoms with Crippen molar-refractivity contribution in [2.24, 2.45) is 0 Å². The second kappa shape index (κ2) is 18.5. The third kappa shape index (κ3) is 7.31. The summed E-state index contributed by atoms with van der Waals surface area (Å²) in [7, 11) is 0. The van der Waals surface area contributed by atoms with Crippen LogP contribution in [0.2, 0.25) is 0 Å². The third-order valence-corrected chi connectivity index (χ3v) is 14.7. The summed E-state index contributed by atoms with van der Waals surface area (Å²) in [6, 6.07) is 70.8. The molecule has 0 radical (unpaired) electrons. The van der Waals surface area contributed by atoms with Crippen LogP contribution in [0.4, 0.5) is 17.1 Å². The van der Waals surface area contributed by atoms with Crippen molar-refractivity contribution in [2.45, 2.75) is 59.3 Å². The van der Waals surface area contributed by atoms with Gasteiger partial charge in [0.25, 0.3) is 0 Å². The fourth-order valence-corrected chi connectivity index (χ4v) is 11.4. The van der Waals surface area contributed by atoms with Crippen LogP contribution in [0.3, 0.4) is 0 Å². The molecule has 12 rings (SSSR count). The maximum absolute atomic E-state index is 4.23. The molecule has 9 aromatic carbocycles. The maximum Gasteiger partial charge on any atom is 0.0725 e. The van der Waals surface area contributed by atoms with E-state index in [1.165, 1.54) is 94.2 Å². The van der Waals surface area contributed by atoms with Crippen LogP contribution < -0.4 is 4.90 Å². The molecule has 0 saturated carbocycles. The van der Waals surface area contributed by atoms with E-state index >= 15 is 0 Å². The predicted molar refractivity (Wildman–Crippen MR) is 304 cm³/mol. The number of hydrogen-bond donors (Lipinski definition) is 0. The molecule has 3 aliphatic rings. The van der Waals surface area contributed by atoms with Gasteiger partial charge in [0.1, 0.15) is 0 Å². The van der Waals surface area contributed by atoms with Crippen molar-refractivity contribution in [2.75, 3.05) is 4.90 Å². The zero-order chi connectivity index (χ0) is 48.7. The average molecular weight is 904 g/mol. The van der Waals surface area contributed by atoms with Crippen molar-refractivity contribution < 1.29 is 0 Å². The maximum atomic E-state index is 4.23. The topological polar surface area (TPSA) is 3.24 Å². The summed E-state index contributed by atoms with van der Waals surface area (Å²) in [5, 5.41) is 2.53. The van der Waals surface area contributed by atoms with Crippen LogP contribution in [0, 0.1) is 0 Å². The Kier molecular flexibility index (Phi) is 12.1. The molecule has 0 atom stereocenters. The number of rotatable bonds is 6. The lowest BCUT2D eigenvalue weighted by Gasteiger charge is -2.31. The number of anilines is 3. The number of fused-ring (bicyclic) bond motifs is 14. The largest absolute Gasteiger partial charge is 0.310 e. The molecule has 0 amide bonds. The molecule has 0 unspecified atom stereocenters. The lowest BCUT2D eigenvalue weighted by molar-refractivity contribution is 0.660. The summed E-state index contributed by atoms with van der Waals surface area (Å²) in [4.78, 5) is 2.44. The Morgan fingerprint density at radius 2 is 0.971 bits per heavy atom. The molecule has 342 valence electrons. The van der Waals surface area contributed by atoms with Crippen LogP contribution in [0.25, 0.3) is 67.4 Å². The van der Waals surface area contributed by atoms with Crippen molar-refractivity contribution in [3.8, 4) is 44.5 Å². The van der Waals surface area contributed by atoms with E-state index in [0.29, 0.717) is 0 Å². The van der Waals surface area contributed by atoms with Crippen molar-refractivity contribution in [1.29, 1.82) is 0 Å². The minimum absolute atomic E-state index is 0.0776. The van der Waals surface area contributed by atoms with E-state index in [1.54, 1.807) is 6.08 Å². The van der Waals surface area contributed by atoms with Gasteiger partial charge in [0.2, 0.25) is 0 Å². The second-order valence-electron chi connectivity index (χ2n) is 19.4. The first kappa shape index (κ1) is 45.8. The van der Waals surface area contributed by atoms with Crippen molar-refractivity contribution in [3.05, 3.63) is 270 Å². The summed E-state index contributed by atoms with van der Waals surface area (Å²) in [5.41, 5.74) is 24.8. The fourth-order valence-electron chi connectivity index (χ4n) is 11.4. The third-order valence-electron chi connectivity index (χ3n) is 14.7. The normalized spacial score (nSPS) is 13.4. The fraction of sp³-hybridized carbons (Fsp3) is 0.130. The van der Waals surface area contributed by atoms with Crippen molar-refractivity contribution >= 4 is 40.0 Å². The molecule has 1 spiro atoms. The lowest BCUT2D eigenvalue weighted by Crippen LogP contribution is -2.25. The van der Waals surface area contributed by atoms with Gasteiger partial charge in [0, 0.05) is 22.4 Å². The number of benzene rings is 9. The molecular formula is C69H61N. The van der Waals surface area contributed by atoms with E-state index in [1.807, 2.05) is 19.9 Å². The Hall–Kier alpha value is -8.00. The van der Waals surface area contributed by atoms with Crippen molar-refractivity contribution in [3.63, 3.8) is 0 Å². The molecule has 3 aliphatic carbocycles. The summed E-state index contributed by atoms with van der Waals surface area (Å²) in [6.07, 6.45) is 10.1. The van der Waals surface area contributed by atoms with Gasteiger partial charge in [-0.3, -0.25) is 0 Å².